The fourth-order valence-electron chi connectivity index (χ4n) is 2.11. The third-order valence-electron chi connectivity index (χ3n) is 3.42. The Labute approximate surface area is 115 Å². The van der Waals surface area contributed by atoms with Gasteiger partial charge in [0, 0.05) is 17.8 Å². The van der Waals surface area contributed by atoms with Gasteiger partial charge in [-0.2, -0.15) is 0 Å². The second-order valence-corrected chi connectivity index (χ2v) is 4.77. The first-order chi connectivity index (χ1) is 9.24. The molecule has 2 heteroatoms. The van der Waals surface area contributed by atoms with Gasteiger partial charge in [0.25, 0.3) is 0 Å². The normalized spacial score (nSPS) is 10.7. The summed E-state index contributed by atoms with van der Waals surface area (Å²) < 4.78 is 0. The lowest BCUT2D eigenvalue weighted by atomic mass is 10.1. The van der Waals surface area contributed by atoms with Crippen LogP contribution in [0, 0.1) is 6.92 Å². The maximum atomic E-state index is 4.71. The smallest absolute Gasteiger partial charge is 0.0705 e. The molecule has 1 N–H and O–H groups in total. The second-order valence-electron chi connectivity index (χ2n) is 4.77. The van der Waals surface area contributed by atoms with Gasteiger partial charge in [0.2, 0.25) is 0 Å². The van der Waals surface area contributed by atoms with E-state index < -0.39 is 0 Å². The number of nitrogens with zero attached hydrogens (tertiary/aromatic N) is 1. The minimum absolute atomic E-state index is 0.893. The van der Waals surface area contributed by atoms with Crippen molar-refractivity contribution in [3.05, 3.63) is 53.2 Å². The zero-order valence-corrected chi connectivity index (χ0v) is 12.0. The van der Waals surface area contributed by atoms with E-state index in [4.69, 9.17) is 4.98 Å². The van der Waals surface area contributed by atoms with Gasteiger partial charge in [0.1, 0.15) is 0 Å². The number of pyridine rings is 1. The van der Waals surface area contributed by atoms with Crippen LogP contribution in [0.5, 0.6) is 0 Å². The number of hydrogen-bond donors (Lipinski definition) is 1. The molecule has 1 aromatic carbocycles. The Hall–Kier alpha value is -1.67. The van der Waals surface area contributed by atoms with Crippen LogP contribution in [0.3, 0.4) is 0 Å². The van der Waals surface area contributed by atoms with Crippen molar-refractivity contribution in [2.45, 2.75) is 33.7 Å². The van der Waals surface area contributed by atoms with Crippen molar-refractivity contribution in [1.82, 2.24) is 10.3 Å². The molecule has 0 fully saturated rings. The largest absolute Gasteiger partial charge is 0.313 e. The fraction of sp³-hybridized carbons (Fsp3) is 0.353. The molecule has 0 radical (unpaired) electrons. The third-order valence-corrected chi connectivity index (χ3v) is 3.42. The Morgan fingerprint density at radius 1 is 1.00 bits per heavy atom. The van der Waals surface area contributed by atoms with Crippen molar-refractivity contribution in [1.29, 1.82) is 0 Å². The molecule has 2 aromatic rings. The maximum absolute atomic E-state index is 4.71. The molecule has 2 nitrogen and oxygen atoms in total. The molecule has 0 aliphatic heterocycles. The molecular formula is C17H22N2. The molecule has 0 aliphatic rings. The first kappa shape index (κ1) is 13.8. The first-order valence-electron chi connectivity index (χ1n) is 7.01. The Balaban J connectivity index is 2.22. The highest BCUT2D eigenvalue weighted by Gasteiger charge is 2.03. The number of aryl methyl sites for hydroxylation is 2. The van der Waals surface area contributed by atoms with E-state index in [9.17, 15) is 0 Å². The van der Waals surface area contributed by atoms with Crippen molar-refractivity contribution >= 4 is 0 Å². The summed E-state index contributed by atoms with van der Waals surface area (Å²) in [6.45, 7) is 8.25. The van der Waals surface area contributed by atoms with Gasteiger partial charge in [-0.1, -0.05) is 44.2 Å². The summed E-state index contributed by atoms with van der Waals surface area (Å²) in [5, 5.41) is 3.34. The molecular weight excluding hydrogens is 232 g/mol. The van der Waals surface area contributed by atoms with Crippen LogP contribution in [0.1, 0.15) is 30.7 Å². The topological polar surface area (TPSA) is 24.9 Å². The lowest BCUT2D eigenvalue weighted by Crippen LogP contribution is -2.13. The van der Waals surface area contributed by atoms with E-state index in [1.54, 1.807) is 0 Å². The van der Waals surface area contributed by atoms with Crippen LogP contribution in [-0.2, 0) is 13.0 Å². The van der Waals surface area contributed by atoms with E-state index in [0.717, 1.165) is 30.9 Å². The first-order valence-corrected chi connectivity index (χ1v) is 7.01. The molecule has 0 saturated heterocycles. The van der Waals surface area contributed by atoms with E-state index in [-0.39, 0.29) is 0 Å². The van der Waals surface area contributed by atoms with E-state index in [1.807, 2.05) is 0 Å². The van der Waals surface area contributed by atoms with E-state index in [1.165, 1.54) is 16.7 Å². The highest BCUT2D eigenvalue weighted by atomic mass is 14.8. The van der Waals surface area contributed by atoms with E-state index in [2.05, 4.69) is 62.5 Å². The van der Waals surface area contributed by atoms with Crippen molar-refractivity contribution < 1.29 is 0 Å². The lowest BCUT2D eigenvalue weighted by molar-refractivity contribution is 0.720. The minimum Gasteiger partial charge on any atom is -0.313 e. The van der Waals surface area contributed by atoms with Crippen molar-refractivity contribution in [3.8, 4) is 11.3 Å². The Bertz CT molecular complexity index is 529. The van der Waals surface area contributed by atoms with Crippen molar-refractivity contribution in [2.75, 3.05) is 6.54 Å². The van der Waals surface area contributed by atoms with Gasteiger partial charge in [-0.05, 0) is 37.1 Å². The molecule has 0 bridgehead atoms. The number of aromatic nitrogens is 1. The molecule has 1 aromatic heterocycles. The maximum Gasteiger partial charge on any atom is 0.0705 e. The molecule has 0 saturated carbocycles. The third kappa shape index (κ3) is 3.42. The molecule has 100 valence electrons. The average Bonchev–Trinajstić information content (AvgIpc) is 2.46. The quantitative estimate of drug-likeness (QED) is 0.879. The zero-order chi connectivity index (χ0) is 13.7. The summed E-state index contributed by atoms with van der Waals surface area (Å²) >= 11 is 0. The fourth-order valence-corrected chi connectivity index (χ4v) is 2.11. The number of rotatable bonds is 5. The van der Waals surface area contributed by atoms with E-state index in [0.29, 0.717) is 0 Å². The van der Waals surface area contributed by atoms with Crippen LogP contribution in [-0.4, -0.2) is 11.5 Å². The van der Waals surface area contributed by atoms with Gasteiger partial charge in [-0.3, -0.25) is 4.98 Å². The Morgan fingerprint density at radius 2 is 1.74 bits per heavy atom. The second kappa shape index (κ2) is 6.48. The predicted octanol–water partition coefficient (Wildman–Crippen LogP) is 3.73. The molecule has 0 unspecified atom stereocenters. The van der Waals surface area contributed by atoms with Crippen LogP contribution >= 0.6 is 0 Å². The molecule has 0 amide bonds. The van der Waals surface area contributed by atoms with Crippen molar-refractivity contribution in [2.24, 2.45) is 0 Å². The van der Waals surface area contributed by atoms with Crippen molar-refractivity contribution in [3.63, 3.8) is 0 Å². The Kier molecular flexibility index (Phi) is 4.69. The van der Waals surface area contributed by atoms with Crippen LogP contribution < -0.4 is 5.32 Å². The summed E-state index contributed by atoms with van der Waals surface area (Å²) in [4.78, 5) is 4.71. The summed E-state index contributed by atoms with van der Waals surface area (Å²) in [7, 11) is 0. The molecule has 1 heterocycles. The SMILES string of the molecule is CCNCc1ccc(-c2ccc(CC)cc2)nc1C. The lowest BCUT2D eigenvalue weighted by Gasteiger charge is -2.08. The van der Waals surface area contributed by atoms with E-state index >= 15 is 0 Å². The van der Waals surface area contributed by atoms with Crippen LogP contribution in [0.15, 0.2) is 36.4 Å². The summed E-state index contributed by atoms with van der Waals surface area (Å²) in [5.74, 6) is 0. The van der Waals surface area contributed by atoms with Gasteiger partial charge in [-0.25, -0.2) is 0 Å². The molecule has 0 atom stereocenters. The van der Waals surface area contributed by atoms with Gasteiger partial charge in [-0.15, -0.1) is 0 Å². The molecule has 2 rings (SSSR count). The van der Waals surface area contributed by atoms with Gasteiger partial charge < -0.3 is 5.32 Å². The molecule has 19 heavy (non-hydrogen) atoms. The molecule has 0 spiro atoms. The predicted molar refractivity (Wildman–Crippen MR) is 81.2 cm³/mol. The van der Waals surface area contributed by atoms with Crippen LogP contribution in [0.4, 0.5) is 0 Å². The standard InChI is InChI=1S/C17H22N2/c1-4-14-6-8-15(9-7-14)17-11-10-16(12-18-5-2)13(3)19-17/h6-11,18H,4-5,12H2,1-3H3. The minimum atomic E-state index is 0.893. The van der Waals surface area contributed by atoms with Gasteiger partial charge in [0.15, 0.2) is 0 Å². The highest BCUT2D eigenvalue weighted by Crippen LogP contribution is 2.19. The van der Waals surface area contributed by atoms with Gasteiger partial charge >= 0.3 is 0 Å². The number of benzene rings is 1. The monoisotopic (exact) mass is 254 g/mol. The highest BCUT2D eigenvalue weighted by molar-refractivity contribution is 5.60. The summed E-state index contributed by atoms with van der Waals surface area (Å²) in [6, 6.07) is 13.0. The molecule has 0 aliphatic carbocycles. The average molecular weight is 254 g/mol. The van der Waals surface area contributed by atoms with Gasteiger partial charge in [0.05, 0.1) is 5.69 Å². The number of nitrogens with one attached hydrogen (secondary N) is 1. The zero-order valence-electron chi connectivity index (χ0n) is 12.0. The van der Waals surface area contributed by atoms with Crippen LogP contribution in [0.2, 0.25) is 0 Å². The van der Waals surface area contributed by atoms with Crippen LogP contribution in [0.25, 0.3) is 11.3 Å². The summed E-state index contributed by atoms with van der Waals surface area (Å²) in [6.07, 6.45) is 1.08. The summed E-state index contributed by atoms with van der Waals surface area (Å²) in [5.41, 5.74) is 5.99. The number of hydrogen-bond acceptors (Lipinski definition) is 2. The Morgan fingerprint density at radius 3 is 2.32 bits per heavy atom.